The van der Waals surface area contributed by atoms with Crippen LogP contribution in [0.4, 0.5) is 0 Å². The molecule has 1 aromatic carbocycles. The summed E-state index contributed by atoms with van der Waals surface area (Å²) in [6.07, 6.45) is 4.22. The van der Waals surface area contributed by atoms with E-state index in [9.17, 15) is 9.90 Å². The Morgan fingerprint density at radius 3 is 2.73 bits per heavy atom. The highest BCUT2D eigenvalue weighted by atomic mass is 16.5. The van der Waals surface area contributed by atoms with Gasteiger partial charge in [0.1, 0.15) is 18.5 Å². The number of aliphatic hydroxyl groups excluding tert-OH is 1. The van der Waals surface area contributed by atoms with Crippen LogP contribution in [-0.4, -0.2) is 27.4 Å². The van der Waals surface area contributed by atoms with E-state index in [0.29, 0.717) is 11.7 Å². The van der Waals surface area contributed by atoms with Crippen molar-refractivity contribution in [3.05, 3.63) is 58.8 Å². The van der Waals surface area contributed by atoms with Crippen LogP contribution < -0.4 is 10.3 Å². The second-order valence-electron chi connectivity index (χ2n) is 5.71. The smallest absolute Gasteiger partial charge is 0.253 e. The van der Waals surface area contributed by atoms with E-state index >= 15 is 0 Å². The van der Waals surface area contributed by atoms with Gasteiger partial charge in [-0.25, -0.2) is 4.98 Å². The molecule has 1 aliphatic carbocycles. The van der Waals surface area contributed by atoms with Gasteiger partial charge in [-0.05, 0) is 25.0 Å². The Bertz CT molecular complexity index is 665. The molecular formula is C17H20N2O3. The van der Waals surface area contributed by atoms with Gasteiger partial charge in [0.15, 0.2) is 0 Å². The van der Waals surface area contributed by atoms with Crippen LogP contribution in [0.2, 0.25) is 0 Å². The quantitative estimate of drug-likeness (QED) is 0.885. The number of para-hydroxylation sites is 1. The molecule has 2 aromatic rings. The summed E-state index contributed by atoms with van der Waals surface area (Å²) < 4.78 is 6.91. The minimum absolute atomic E-state index is 0.115. The first-order chi connectivity index (χ1) is 10.7. The van der Waals surface area contributed by atoms with Gasteiger partial charge < -0.3 is 9.84 Å². The van der Waals surface area contributed by atoms with Crippen LogP contribution in [0.3, 0.4) is 0 Å². The molecule has 3 rings (SSSR count). The fourth-order valence-corrected chi connectivity index (χ4v) is 2.49. The average Bonchev–Trinajstić information content (AvgIpc) is 2.47. The summed E-state index contributed by atoms with van der Waals surface area (Å²) in [5.74, 6) is 1.14. The number of hydrogen-bond acceptors (Lipinski definition) is 4. The summed E-state index contributed by atoms with van der Waals surface area (Å²) in [5, 5.41) is 10.0. The van der Waals surface area contributed by atoms with Gasteiger partial charge in [-0.3, -0.25) is 9.36 Å². The van der Waals surface area contributed by atoms with Crippen molar-refractivity contribution in [2.45, 2.75) is 37.8 Å². The van der Waals surface area contributed by atoms with Crippen LogP contribution in [0, 0.1) is 0 Å². The van der Waals surface area contributed by atoms with E-state index in [-0.39, 0.29) is 18.7 Å². The van der Waals surface area contributed by atoms with E-state index in [0.717, 1.165) is 18.5 Å². The molecule has 1 N–H and O–H groups in total. The highest BCUT2D eigenvalue weighted by Crippen LogP contribution is 2.34. The normalized spacial score (nSPS) is 16.0. The SMILES string of the molecule is O=c1cc(C2CCC2)ncn1C[C@@H](O)COc1ccccc1. The van der Waals surface area contributed by atoms with Crippen LogP contribution in [0.25, 0.3) is 0 Å². The van der Waals surface area contributed by atoms with Crippen molar-refractivity contribution in [1.82, 2.24) is 9.55 Å². The monoisotopic (exact) mass is 300 g/mol. The molecule has 5 heteroatoms. The Morgan fingerprint density at radius 2 is 2.09 bits per heavy atom. The Kier molecular flexibility index (Phi) is 4.53. The van der Waals surface area contributed by atoms with Crippen molar-refractivity contribution < 1.29 is 9.84 Å². The summed E-state index contributed by atoms with van der Waals surface area (Å²) in [4.78, 5) is 16.4. The van der Waals surface area contributed by atoms with Crippen molar-refractivity contribution >= 4 is 0 Å². The van der Waals surface area contributed by atoms with E-state index in [2.05, 4.69) is 4.98 Å². The lowest BCUT2D eigenvalue weighted by molar-refractivity contribution is 0.0912. The molecule has 1 atom stereocenters. The Labute approximate surface area is 129 Å². The van der Waals surface area contributed by atoms with E-state index in [4.69, 9.17) is 4.74 Å². The second kappa shape index (κ2) is 6.75. The first-order valence-electron chi connectivity index (χ1n) is 7.64. The lowest BCUT2D eigenvalue weighted by Crippen LogP contribution is -2.31. The molecule has 1 saturated carbocycles. The molecule has 116 valence electrons. The molecule has 1 aromatic heterocycles. The number of ether oxygens (including phenoxy) is 1. The first kappa shape index (κ1) is 14.8. The van der Waals surface area contributed by atoms with E-state index < -0.39 is 6.10 Å². The highest BCUT2D eigenvalue weighted by molar-refractivity contribution is 5.20. The van der Waals surface area contributed by atoms with Gasteiger partial charge in [-0.2, -0.15) is 0 Å². The van der Waals surface area contributed by atoms with Gasteiger partial charge in [0.25, 0.3) is 5.56 Å². The maximum absolute atomic E-state index is 12.1. The fraction of sp³-hybridized carbons (Fsp3) is 0.412. The van der Waals surface area contributed by atoms with Gasteiger partial charge in [0, 0.05) is 12.0 Å². The standard InChI is InChI=1S/C17H20N2O3/c20-14(11-22-15-7-2-1-3-8-15)10-19-12-18-16(9-17(19)21)13-5-4-6-13/h1-3,7-9,12-14,20H,4-6,10-11H2/t14-/m1/s1. The maximum Gasteiger partial charge on any atom is 0.253 e. The third kappa shape index (κ3) is 3.54. The predicted molar refractivity (Wildman–Crippen MR) is 83.0 cm³/mol. The fourth-order valence-electron chi connectivity index (χ4n) is 2.49. The van der Waals surface area contributed by atoms with Gasteiger partial charge in [0.05, 0.1) is 18.6 Å². The van der Waals surface area contributed by atoms with Gasteiger partial charge in [0.2, 0.25) is 0 Å². The van der Waals surface area contributed by atoms with Gasteiger partial charge in [-0.15, -0.1) is 0 Å². The van der Waals surface area contributed by atoms with Crippen LogP contribution >= 0.6 is 0 Å². The van der Waals surface area contributed by atoms with Crippen molar-refractivity contribution in [2.75, 3.05) is 6.61 Å². The number of hydrogen-bond donors (Lipinski definition) is 1. The molecule has 0 bridgehead atoms. The van der Waals surface area contributed by atoms with Crippen LogP contribution in [-0.2, 0) is 6.54 Å². The summed E-state index contributed by atoms with van der Waals surface area (Å²) in [6.45, 7) is 0.324. The Balaban J connectivity index is 1.56. The molecule has 0 unspecified atom stereocenters. The molecule has 1 aliphatic rings. The summed E-state index contributed by atoms with van der Waals surface area (Å²) in [7, 11) is 0. The molecule has 0 saturated heterocycles. The lowest BCUT2D eigenvalue weighted by Gasteiger charge is -2.24. The number of benzene rings is 1. The molecule has 0 aliphatic heterocycles. The Hall–Kier alpha value is -2.14. The van der Waals surface area contributed by atoms with Crippen LogP contribution in [0.15, 0.2) is 47.5 Å². The van der Waals surface area contributed by atoms with Crippen LogP contribution in [0.1, 0.15) is 30.9 Å². The Morgan fingerprint density at radius 1 is 1.32 bits per heavy atom. The average molecular weight is 300 g/mol. The minimum atomic E-state index is -0.755. The molecule has 5 nitrogen and oxygen atoms in total. The topological polar surface area (TPSA) is 64.4 Å². The zero-order valence-electron chi connectivity index (χ0n) is 12.4. The second-order valence-corrected chi connectivity index (χ2v) is 5.71. The third-order valence-corrected chi connectivity index (χ3v) is 4.02. The summed E-state index contributed by atoms with van der Waals surface area (Å²) in [6, 6.07) is 10.9. The molecule has 0 radical (unpaired) electrons. The number of aromatic nitrogens is 2. The minimum Gasteiger partial charge on any atom is -0.491 e. The van der Waals surface area contributed by atoms with Gasteiger partial charge >= 0.3 is 0 Å². The maximum atomic E-state index is 12.1. The summed E-state index contributed by atoms with van der Waals surface area (Å²) in [5.41, 5.74) is 0.762. The van der Waals surface area contributed by atoms with Crippen LogP contribution in [0.5, 0.6) is 5.75 Å². The van der Waals surface area contributed by atoms with Gasteiger partial charge in [-0.1, -0.05) is 24.6 Å². The van der Waals surface area contributed by atoms with Crippen molar-refractivity contribution in [1.29, 1.82) is 0 Å². The lowest BCUT2D eigenvalue weighted by atomic mass is 9.83. The number of nitrogens with zero attached hydrogens (tertiary/aromatic N) is 2. The molecule has 0 amide bonds. The van der Waals surface area contributed by atoms with Crippen molar-refractivity contribution in [3.63, 3.8) is 0 Å². The highest BCUT2D eigenvalue weighted by Gasteiger charge is 2.21. The molecule has 1 fully saturated rings. The third-order valence-electron chi connectivity index (χ3n) is 4.02. The van der Waals surface area contributed by atoms with E-state index in [1.165, 1.54) is 17.3 Å². The zero-order valence-corrected chi connectivity index (χ0v) is 12.4. The largest absolute Gasteiger partial charge is 0.491 e. The zero-order chi connectivity index (χ0) is 15.4. The first-order valence-corrected chi connectivity index (χ1v) is 7.64. The van der Waals surface area contributed by atoms with E-state index in [1.54, 1.807) is 6.07 Å². The van der Waals surface area contributed by atoms with Crippen molar-refractivity contribution in [2.24, 2.45) is 0 Å². The predicted octanol–water partition coefficient (Wildman–Crippen LogP) is 1.95. The number of aliphatic hydroxyl groups is 1. The molecule has 22 heavy (non-hydrogen) atoms. The molecule has 0 spiro atoms. The van der Waals surface area contributed by atoms with E-state index in [1.807, 2.05) is 30.3 Å². The summed E-state index contributed by atoms with van der Waals surface area (Å²) >= 11 is 0. The van der Waals surface area contributed by atoms with Crippen molar-refractivity contribution in [3.8, 4) is 5.75 Å². The number of rotatable bonds is 6. The molecular weight excluding hydrogens is 280 g/mol. The molecule has 1 heterocycles.